The molecule has 0 aliphatic heterocycles. The van der Waals surface area contributed by atoms with Crippen LogP contribution in [0.15, 0.2) is 18.2 Å². The fourth-order valence-corrected chi connectivity index (χ4v) is 1.54. The third-order valence-electron chi connectivity index (χ3n) is 2.18. The van der Waals surface area contributed by atoms with Gasteiger partial charge in [0.1, 0.15) is 5.82 Å². The summed E-state index contributed by atoms with van der Waals surface area (Å²) in [5.74, 6) is -0.617. The number of nitrogens with two attached hydrogens (primary N) is 1. The van der Waals surface area contributed by atoms with Crippen LogP contribution in [0.3, 0.4) is 0 Å². The minimum atomic E-state index is -0.591. The number of carbonyl (C=O) groups is 1. The molecule has 1 amide bonds. The molecular weight excluding hydrogens is 231 g/mol. The second kappa shape index (κ2) is 5.27. The van der Waals surface area contributed by atoms with Gasteiger partial charge in [-0.2, -0.15) is 0 Å². The van der Waals surface area contributed by atoms with Gasteiger partial charge in [-0.1, -0.05) is 11.6 Å². The summed E-state index contributed by atoms with van der Waals surface area (Å²) >= 11 is 5.75. The van der Waals surface area contributed by atoms with Crippen molar-refractivity contribution in [1.29, 1.82) is 0 Å². The molecule has 3 nitrogen and oxygen atoms in total. The molecule has 16 heavy (non-hydrogen) atoms. The van der Waals surface area contributed by atoms with E-state index in [9.17, 15) is 9.18 Å². The average Bonchev–Trinajstić information content (AvgIpc) is 2.22. The van der Waals surface area contributed by atoms with Gasteiger partial charge in [-0.25, -0.2) is 4.39 Å². The molecule has 0 fully saturated rings. The first-order valence-corrected chi connectivity index (χ1v) is 5.24. The fourth-order valence-electron chi connectivity index (χ4n) is 1.35. The van der Waals surface area contributed by atoms with Gasteiger partial charge >= 0.3 is 0 Å². The van der Waals surface area contributed by atoms with E-state index in [1.54, 1.807) is 14.0 Å². The van der Waals surface area contributed by atoms with Crippen molar-refractivity contribution in [1.82, 2.24) is 4.90 Å². The average molecular weight is 245 g/mol. The monoisotopic (exact) mass is 244 g/mol. The molecule has 0 radical (unpaired) electrons. The van der Waals surface area contributed by atoms with Crippen LogP contribution in [-0.4, -0.2) is 23.9 Å². The Morgan fingerprint density at radius 2 is 2.25 bits per heavy atom. The van der Waals surface area contributed by atoms with E-state index in [4.69, 9.17) is 17.3 Å². The Bertz CT molecular complexity index is 396. The predicted molar refractivity (Wildman–Crippen MR) is 61.5 cm³/mol. The number of benzene rings is 1. The summed E-state index contributed by atoms with van der Waals surface area (Å²) in [6, 6.07) is 3.66. The smallest absolute Gasteiger partial charge is 0.239 e. The third-order valence-corrected chi connectivity index (χ3v) is 2.42. The molecule has 1 aromatic carbocycles. The van der Waals surface area contributed by atoms with Crippen molar-refractivity contribution in [3.63, 3.8) is 0 Å². The van der Waals surface area contributed by atoms with Crippen molar-refractivity contribution in [3.05, 3.63) is 34.6 Å². The lowest BCUT2D eigenvalue weighted by atomic mass is 10.2. The van der Waals surface area contributed by atoms with Crippen LogP contribution in [0.5, 0.6) is 0 Å². The maximum atomic E-state index is 13.4. The number of nitrogens with zero attached hydrogens (tertiary/aromatic N) is 1. The summed E-state index contributed by atoms with van der Waals surface area (Å²) < 4.78 is 13.4. The van der Waals surface area contributed by atoms with Crippen LogP contribution in [0.25, 0.3) is 0 Å². The highest BCUT2D eigenvalue weighted by Crippen LogP contribution is 2.16. The maximum Gasteiger partial charge on any atom is 0.239 e. The highest BCUT2D eigenvalue weighted by atomic mass is 35.5. The SMILES string of the molecule is CC(N)C(=O)N(C)Cc1cc(Cl)ccc1F. The molecule has 0 aliphatic rings. The number of rotatable bonds is 3. The fraction of sp³-hybridized carbons (Fsp3) is 0.364. The standard InChI is InChI=1S/C11H14ClFN2O/c1-7(14)11(16)15(2)6-8-5-9(12)3-4-10(8)13/h3-5,7H,6,14H2,1-2H3. The molecule has 5 heteroatoms. The van der Waals surface area contributed by atoms with Crippen molar-refractivity contribution in [2.75, 3.05) is 7.05 Å². The van der Waals surface area contributed by atoms with Crippen LogP contribution < -0.4 is 5.73 Å². The van der Waals surface area contributed by atoms with Crippen molar-refractivity contribution in [2.24, 2.45) is 5.73 Å². The first kappa shape index (κ1) is 12.9. The van der Waals surface area contributed by atoms with E-state index in [-0.39, 0.29) is 18.3 Å². The summed E-state index contributed by atoms with van der Waals surface area (Å²) in [6.45, 7) is 1.75. The second-order valence-corrected chi connectivity index (χ2v) is 4.16. The van der Waals surface area contributed by atoms with Crippen molar-refractivity contribution in [2.45, 2.75) is 19.5 Å². The van der Waals surface area contributed by atoms with Crippen molar-refractivity contribution >= 4 is 17.5 Å². The second-order valence-electron chi connectivity index (χ2n) is 3.72. The summed E-state index contributed by atoms with van der Waals surface area (Å²) in [5, 5.41) is 0.443. The van der Waals surface area contributed by atoms with E-state index < -0.39 is 6.04 Å². The van der Waals surface area contributed by atoms with Gasteiger partial charge in [0.25, 0.3) is 0 Å². The summed E-state index contributed by atoms with van der Waals surface area (Å²) in [7, 11) is 1.58. The van der Waals surface area contributed by atoms with Gasteiger partial charge in [-0.3, -0.25) is 4.79 Å². The molecule has 0 aromatic heterocycles. The Balaban J connectivity index is 2.80. The minimum Gasteiger partial charge on any atom is -0.340 e. The van der Waals surface area contributed by atoms with Crippen LogP contribution >= 0.6 is 11.6 Å². The molecule has 0 spiro atoms. The van der Waals surface area contributed by atoms with E-state index >= 15 is 0 Å². The predicted octanol–water partition coefficient (Wildman–Crippen LogP) is 1.78. The number of amides is 1. The number of hydrogen-bond acceptors (Lipinski definition) is 2. The zero-order valence-electron chi connectivity index (χ0n) is 9.21. The molecule has 1 aromatic rings. The molecule has 1 unspecified atom stereocenters. The summed E-state index contributed by atoms with van der Waals surface area (Å²) in [4.78, 5) is 12.9. The molecule has 0 saturated carbocycles. The Morgan fingerprint density at radius 1 is 1.62 bits per heavy atom. The van der Waals surface area contributed by atoms with E-state index in [0.717, 1.165) is 0 Å². The Morgan fingerprint density at radius 3 is 2.81 bits per heavy atom. The van der Waals surface area contributed by atoms with E-state index in [0.29, 0.717) is 10.6 Å². The zero-order valence-corrected chi connectivity index (χ0v) is 9.96. The van der Waals surface area contributed by atoms with Crippen LogP contribution in [-0.2, 0) is 11.3 Å². The Kier molecular flexibility index (Phi) is 4.26. The highest BCUT2D eigenvalue weighted by molar-refractivity contribution is 6.30. The van der Waals surface area contributed by atoms with Gasteiger partial charge in [0, 0.05) is 24.2 Å². The van der Waals surface area contributed by atoms with Crippen LogP contribution in [0.4, 0.5) is 4.39 Å². The molecular formula is C11H14ClFN2O. The number of carbonyl (C=O) groups excluding carboxylic acids is 1. The van der Waals surface area contributed by atoms with E-state index in [1.807, 2.05) is 0 Å². The molecule has 1 atom stereocenters. The van der Waals surface area contributed by atoms with Gasteiger partial charge in [-0.05, 0) is 25.1 Å². The largest absolute Gasteiger partial charge is 0.340 e. The molecule has 0 aliphatic carbocycles. The van der Waals surface area contributed by atoms with Gasteiger partial charge < -0.3 is 10.6 Å². The van der Waals surface area contributed by atoms with Crippen molar-refractivity contribution in [3.8, 4) is 0 Å². The lowest BCUT2D eigenvalue weighted by Crippen LogP contribution is -2.39. The number of halogens is 2. The molecule has 1 rings (SSSR count). The van der Waals surface area contributed by atoms with E-state index in [2.05, 4.69) is 0 Å². The van der Waals surface area contributed by atoms with Crippen molar-refractivity contribution < 1.29 is 9.18 Å². The van der Waals surface area contributed by atoms with Gasteiger partial charge in [0.15, 0.2) is 0 Å². The minimum absolute atomic E-state index is 0.159. The zero-order chi connectivity index (χ0) is 12.3. The molecule has 2 N–H and O–H groups in total. The summed E-state index contributed by atoms with van der Waals surface area (Å²) in [5.41, 5.74) is 5.83. The van der Waals surface area contributed by atoms with Crippen LogP contribution in [0.1, 0.15) is 12.5 Å². The first-order chi connectivity index (χ1) is 7.41. The molecule has 88 valence electrons. The quantitative estimate of drug-likeness (QED) is 0.881. The number of likely N-dealkylation sites (N-methyl/N-ethyl adjacent to an activating group) is 1. The maximum absolute atomic E-state index is 13.4. The normalized spacial score (nSPS) is 12.3. The molecule has 0 bridgehead atoms. The Hall–Kier alpha value is -1.13. The number of hydrogen-bond donors (Lipinski definition) is 1. The van der Waals surface area contributed by atoms with Gasteiger partial charge in [-0.15, -0.1) is 0 Å². The topological polar surface area (TPSA) is 46.3 Å². The lowest BCUT2D eigenvalue weighted by molar-refractivity contribution is -0.131. The molecule has 0 heterocycles. The van der Waals surface area contributed by atoms with Gasteiger partial charge in [0.2, 0.25) is 5.91 Å². The third kappa shape index (κ3) is 3.18. The van der Waals surface area contributed by atoms with Crippen LogP contribution in [0, 0.1) is 5.82 Å². The Labute approximate surface area is 99.0 Å². The van der Waals surface area contributed by atoms with E-state index in [1.165, 1.54) is 23.1 Å². The molecule has 0 saturated heterocycles. The highest BCUT2D eigenvalue weighted by Gasteiger charge is 2.15. The van der Waals surface area contributed by atoms with Gasteiger partial charge in [0.05, 0.1) is 6.04 Å². The summed E-state index contributed by atoms with van der Waals surface area (Å²) in [6.07, 6.45) is 0. The lowest BCUT2D eigenvalue weighted by Gasteiger charge is -2.19. The van der Waals surface area contributed by atoms with Crippen LogP contribution in [0.2, 0.25) is 5.02 Å². The first-order valence-electron chi connectivity index (χ1n) is 4.86.